The average Bonchev–Trinajstić information content (AvgIpc) is 3.05. The van der Waals surface area contributed by atoms with Crippen molar-refractivity contribution < 1.29 is 17.9 Å². The third-order valence-electron chi connectivity index (χ3n) is 4.57. The predicted molar refractivity (Wildman–Crippen MR) is 97.2 cm³/mol. The summed E-state index contributed by atoms with van der Waals surface area (Å²) >= 11 is 0. The highest BCUT2D eigenvalue weighted by atomic mass is 32.2. The van der Waals surface area contributed by atoms with Crippen LogP contribution in [0, 0.1) is 19.8 Å². The molecule has 1 aromatic carbocycles. The maximum Gasteiger partial charge on any atom is 0.241 e. The van der Waals surface area contributed by atoms with Crippen LogP contribution in [0.1, 0.15) is 37.8 Å². The number of rotatable bonds is 6. The largest absolute Gasteiger partial charge is 0.497 e. The van der Waals surface area contributed by atoms with Gasteiger partial charge in [-0.2, -0.15) is 4.72 Å². The number of sulfonamides is 1. The van der Waals surface area contributed by atoms with Gasteiger partial charge >= 0.3 is 0 Å². The fourth-order valence-electron chi connectivity index (χ4n) is 3.28. The van der Waals surface area contributed by atoms with Crippen LogP contribution in [0.2, 0.25) is 0 Å². The number of ether oxygens (including phenoxy) is 1. The van der Waals surface area contributed by atoms with Gasteiger partial charge in [0.15, 0.2) is 0 Å². The molecule has 1 aromatic rings. The molecule has 0 unspecified atom stereocenters. The highest BCUT2D eigenvalue weighted by Gasteiger charge is 2.33. The van der Waals surface area contributed by atoms with Crippen LogP contribution in [0.15, 0.2) is 17.0 Å². The summed E-state index contributed by atoms with van der Waals surface area (Å²) in [5, 5.41) is 0. The van der Waals surface area contributed by atoms with Gasteiger partial charge in [0.05, 0.1) is 12.0 Å². The Morgan fingerprint density at radius 1 is 1.16 bits per heavy atom. The topological polar surface area (TPSA) is 75.7 Å². The van der Waals surface area contributed by atoms with Crippen LogP contribution in [0.4, 0.5) is 0 Å². The first-order chi connectivity index (χ1) is 11.7. The van der Waals surface area contributed by atoms with Crippen molar-refractivity contribution in [2.24, 2.45) is 5.92 Å². The molecule has 1 N–H and O–H groups in total. The number of aryl methyl sites for hydroxylation is 2. The Hall–Kier alpha value is -1.60. The number of benzene rings is 1. The lowest BCUT2D eigenvalue weighted by Gasteiger charge is -2.27. The molecule has 1 aliphatic rings. The highest BCUT2D eigenvalue weighted by Crippen LogP contribution is 2.26. The van der Waals surface area contributed by atoms with E-state index in [1.165, 1.54) is 0 Å². The summed E-state index contributed by atoms with van der Waals surface area (Å²) in [6, 6.07) is 2.62. The Labute approximate surface area is 150 Å². The molecule has 140 valence electrons. The van der Waals surface area contributed by atoms with Crippen LogP contribution in [-0.2, 0) is 14.8 Å². The van der Waals surface area contributed by atoms with Gasteiger partial charge in [-0.05, 0) is 55.9 Å². The minimum absolute atomic E-state index is 0.137. The van der Waals surface area contributed by atoms with Gasteiger partial charge in [0.25, 0.3) is 0 Å². The number of nitrogens with zero attached hydrogens (tertiary/aromatic N) is 1. The molecule has 1 saturated heterocycles. The highest BCUT2D eigenvalue weighted by molar-refractivity contribution is 7.89. The van der Waals surface area contributed by atoms with E-state index in [1.54, 1.807) is 38.0 Å². The van der Waals surface area contributed by atoms with E-state index in [9.17, 15) is 13.2 Å². The van der Waals surface area contributed by atoms with Crippen molar-refractivity contribution in [1.29, 1.82) is 0 Å². The summed E-state index contributed by atoms with van der Waals surface area (Å²) in [5.41, 5.74) is 1.20. The summed E-state index contributed by atoms with van der Waals surface area (Å²) < 4.78 is 33.8. The fourth-order valence-corrected chi connectivity index (χ4v) is 5.07. The average molecular weight is 368 g/mol. The Bertz CT molecular complexity index is 714. The molecule has 0 aromatic heterocycles. The van der Waals surface area contributed by atoms with E-state index >= 15 is 0 Å². The van der Waals surface area contributed by atoms with Crippen LogP contribution in [0.25, 0.3) is 0 Å². The van der Waals surface area contributed by atoms with Gasteiger partial charge in [-0.1, -0.05) is 13.8 Å². The standard InChI is InChI=1S/C18H28N2O4S/c1-12(2)16(18(21)20-8-6-7-9-20)19-25(22,23)17-13(3)10-15(24-5)11-14(17)4/h10-12,16,19H,6-9H2,1-5H3/t16-/m0/s1. The van der Waals surface area contributed by atoms with Gasteiger partial charge in [-0.3, -0.25) is 4.79 Å². The molecule has 0 radical (unpaired) electrons. The van der Waals surface area contributed by atoms with Crippen molar-refractivity contribution in [3.8, 4) is 5.75 Å². The number of likely N-dealkylation sites (tertiary alicyclic amines) is 1. The number of nitrogens with one attached hydrogen (secondary N) is 1. The van der Waals surface area contributed by atoms with Gasteiger partial charge in [0.2, 0.25) is 15.9 Å². The molecule has 0 aliphatic carbocycles. The molecule has 1 aliphatic heterocycles. The molecule has 0 bridgehead atoms. The van der Waals surface area contributed by atoms with Crippen molar-refractivity contribution >= 4 is 15.9 Å². The minimum Gasteiger partial charge on any atom is -0.497 e. The van der Waals surface area contributed by atoms with E-state index in [1.807, 2.05) is 13.8 Å². The molecule has 6 nitrogen and oxygen atoms in total. The molecule has 0 saturated carbocycles. The van der Waals surface area contributed by atoms with E-state index in [0.29, 0.717) is 30.0 Å². The van der Waals surface area contributed by atoms with Gasteiger partial charge in [0.1, 0.15) is 11.8 Å². The van der Waals surface area contributed by atoms with Crippen molar-refractivity contribution in [1.82, 2.24) is 9.62 Å². The second-order valence-electron chi connectivity index (χ2n) is 6.97. The number of methoxy groups -OCH3 is 1. The molecule has 25 heavy (non-hydrogen) atoms. The van der Waals surface area contributed by atoms with E-state index in [4.69, 9.17) is 4.74 Å². The third-order valence-corrected chi connectivity index (χ3v) is 6.32. The molecule has 0 spiro atoms. The summed E-state index contributed by atoms with van der Waals surface area (Å²) in [6.07, 6.45) is 1.94. The number of amides is 1. The van der Waals surface area contributed by atoms with Gasteiger partial charge in [-0.15, -0.1) is 0 Å². The molecule has 7 heteroatoms. The number of carbonyl (C=O) groups excluding carboxylic acids is 1. The lowest BCUT2D eigenvalue weighted by atomic mass is 10.0. The Morgan fingerprint density at radius 2 is 1.68 bits per heavy atom. The fraction of sp³-hybridized carbons (Fsp3) is 0.611. The predicted octanol–water partition coefficient (Wildman–Crippen LogP) is 2.24. The Balaban J connectivity index is 2.33. The summed E-state index contributed by atoms with van der Waals surface area (Å²) in [4.78, 5) is 14.7. The van der Waals surface area contributed by atoms with Crippen LogP contribution in [0.5, 0.6) is 5.75 Å². The van der Waals surface area contributed by atoms with E-state index in [-0.39, 0.29) is 16.7 Å². The number of hydrogen-bond donors (Lipinski definition) is 1. The second-order valence-corrected chi connectivity index (χ2v) is 8.62. The Morgan fingerprint density at radius 3 is 2.12 bits per heavy atom. The maximum atomic E-state index is 13.0. The van der Waals surface area contributed by atoms with Crippen molar-refractivity contribution in [2.45, 2.75) is 51.5 Å². The molecular formula is C18H28N2O4S. The van der Waals surface area contributed by atoms with Crippen LogP contribution in [0.3, 0.4) is 0 Å². The number of carbonyl (C=O) groups is 1. The van der Waals surface area contributed by atoms with Gasteiger partial charge < -0.3 is 9.64 Å². The van der Waals surface area contributed by atoms with Crippen molar-refractivity contribution in [3.05, 3.63) is 23.3 Å². The SMILES string of the molecule is COc1cc(C)c(S(=O)(=O)N[C@H](C(=O)N2CCCC2)C(C)C)c(C)c1. The third kappa shape index (κ3) is 4.33. The van der Waals surface area contributed by atoms with Crippen molar-refractivity contribution in [2.75, 3.05) is 20.2 Å². The quantitative estimate of drug-likeness (QED) is 0.835. The molecule has 1 fully saturated rings. The monoisotopic (exact) mass is 368 g/mol. The lowest BCUT2D eigenvalue weighted by molar-refractivity contribution is -0.132. The first-order valence-electron chi connectivity index (χ1n) is 8.63. The van der Waals surface area contributed by atoms with Crippen LogP contribution < -0.4 is 9.46 Å². The first kappa shape index (κ1) is 19.7. The van der Waals surface area contributed by atoms with E-state index in [0.717, 1.165) is 12.8 Å². The summed E-state index contributed by atoms with van der Waals surface area (Å²) in [6.45, 7) is 8.58. The zero-order chi connectivity index (χ0) is 18.8. The van der Waals surface area contributed by atoms with Gasteiger partial charge in [-0.25, -0.2) is 8.42 Å². The van der Waals surface area contributed by atoms with E-state index in [2.05, 4.69) is 4.72 Å². The maximum absolute atomic E-state index is 13.0. The smallest absolute Gasteiger partial charge is 0.241 e. The molecule has 1 heterocycles. The molecule has 2 rings (SSSR count). The number of hydrogen-bond acceptors (Lipinski definition) is 4. The van der Waals surface area contributed by atoms with Crippen molar-refractivity contribution in [3.63, 3.8) is 0 Å². The molecule has 1 amide bonds. The lowest BCUT2D eigenvalue weighted by Crippen LogP contribution is -2.50. The Kier molecular flexibility index (Phi) is 6.11. The van der Waals surface area contributed by atoms with E-state index < -0.39 is 16.1 Å². The molecular weight excluding hydrogens is 340 g/mol. The summed E-state index contributed by atoms with van der Waals surface area (Å²) in [7, 11) is -2.27. The summed E-state index contributed by atoms with van der Waals surface area (Å²) in [5.74, 6) is 0.337. The normalized spacial score (nSPS) is 16.3. The minimum atomic E-state index is -3.82. The zero-order valence-corrected chi connectivity index (χ0v) is 16.4. The molecule has 1 atom stereocenters. The van der Waals surface area contributed by atoms with Crippen LogP contribution >= 0.6 is 0 Å². The van der Waals surface area contributed by atoms with Gasteiger partial charge in [0, 0.05) is 13.1 Å². The zero-order valence-electron chi connectivity index (χ0n) is 15.6. The first-order valence-corrected chi connectivity index (χ1v) is 10.1. The van der Waals surface area contributed by atoms with Crippen LogP contribution in [-0.4, -0.2) is 45.5 Å². The second kappa shape index (κ2) is 7.74.